The second-order valence-electron chi connectivity index (χ2n) is 13.3. The molecule has 0 saturated carbocycles. The van der Waals surface area contributed by atoms with Gasteiger partial charge in [0.1, 0.15) is 6.61 Å². The van der Waals surface area contributed by atoms with Crippen LogP contribution in [0.2, 0.25) is 0 Å². The predicted octanol–water partition coefficient (Wildman–Crippen LogP) is 11.1. The molecule has 11 heteroatoms. The van der Waals surface area contributed by atoms with Crippen LogP contribution in [0.5, 0.6) is 0 Å². The monoisotopic (exact) mass is 828 g/mol. The van der Waals surface area contributed by atoms with E-state index in [0.717, 1.165) is 77.0 Å². The third-order valence-corrected chi connectivity index (χ3v) is 8.99. The highest BCUT2D eigenvalue weighted by atomic mass is 31.2. The van der Waals surface area contributed by atoms with Gasteiger partial charge in [-0.25, -0.2) is 4.57 Å². The number of nitrogens with two attached hydrogens (primary N) is 1. The van der Waals surface area contributed by atoms with Gasteiger partial charge in [0.05, 0.1) is 19.3 Å². The van der Waals surface area contributed by atoms with Gasteiger partial charge in [-0.3, -0.25) is 18.6 Å². The Kier molecular flexibility index (Phi) is 38.9. The summed E-state index contributed by atoms with van der Waals surface area (Å²) in [5, 5.41) is 9.56. The zero-order valence-electron chi connectivity index (χ0n) is 35.3. The van der Waals surface area contributed by atoms with Gasteiger partial charge < -0.3 is 25.2 Å². The summed E-state index contributed by atoms with van der Waals surface area (Å²) in [6.07, 6.45) is 53.4. The van der Waals surface area contributed by atoms with Gasteiger partial charge in [0.25, 0.3) is 0 Å². The zero-order chi connectivity index (χ0) is 42.6. The molecule has 0 radical (unpaired) electrons. The van der Waals surface area contributed by atoms with Crippen molar-refractivity contribution < 1.29 is 42.7 Å². The van der Waals surface area contributed by atoms with Gasteiger partial charge >= 0.3 is 19.8 Å². The predicted molar refractivity (Wildman–Crippen MR) is 239 cm³/mol. The van der Waals surface area contributed by atoms with Crippen molar-refractivity contribution in [1.82, 2.24) is 0 Å². The zero-order valence-corrected chi connectivity index (χ0v) is 36.2. The number of ether oxygens (including phenoxy) is 2. The summed E-state index contributed by atoms with van der Waals surface area (Å²) in [6, 6.07) is 0. The molecule has 0 bridgehead atoms. The number of carbonyl (C=O) groups excluding carboxylic acids is 2. The number of esters is 2. The van der Waals surface area contributed by atoms with Crippen molar-refractivity contribution in [3.8, 4) is 0 Å². The molecule has 0 fully saturated rings. The lowest BCUT2D eigenvalue weighted by Gasteiger charge is -2.19. The highest BCUT2D eigenvalue weighted by molar-refractivity contribution is 7.47. The van der Waals surface area contributed by atoms with Crippen LogP contribution in [0, 0.1) is 0 Å². The van der Waals surface area contributed by atoms with Crippen LogP contribution < -0.4 is 5.73 Å². The van der Waals surface area contributed by atoms with Gasteiger partial charge in [0, 0.05) is 19.4 Å². The average molecular weight is 828 g/mol. The van der Waals surface area contributed by atoms with Crippen molar-refractivity contribution in [2.45, 2.75) is 135 Å². The Morgan fingerprint density at radius 2 is 1.03 bits per heavy atom. The second kappa shape index (κ2) is 41.5. The number of hydrogen-bond acceptors (Lipinski definition) is 9. The van der Waals surface area contributed by atoms with Gasteiger partial charge in [0.2, 0.25) is 0 Å². The molecule has 0 aromatic rings. The summed E-state index contributed by atoms with van der Waals surface area (Å²) in [5.74, 6) is -1.03. The van der Waals surface area contributed by atoms with E-state index in [9.17, 15) is 24.2 Å². The summed E-state index contributed by atoms with van der Waals surface area (Å²) >= 11 is 0. The maximum atomic E-state index is 12.6. The average Bonchev–Trinajstić information content (AvgIpc) is 3.21. The van der Waals surface area contributed by atoms with E-state index >= 15 is 0 Å². The van der Waals surface area contributed by atoms with E-state index in [1.807, 2.05) is 31.2 Å². The van der Waals surface area contributed by atoms with E-state index in [2.05, 4.69) is 104 Å². The Hall–Kier alpha value is -3.63. The van der Waals surface area contributed by atoms with Crippen molar-refractivity contribution >= 4 is 19.8 Å². The van der Waals surface area contributed by atoms with Gasteiger partial charge in [-0.05, 0) is 96.3 Å². The number of phosphoric ester groups is 1. The molecule has 0 aromatic heterocycles. The fraction of sp³-hybridized carbons (Fsp3) is 0.532. The Bertz CT molecular complexity index is 1370. The lowest BCUT2D eigenvalue weighted by Crippen LogP contribution is -2.29. The first kappa shape index (κ1) is 54.4. The van der Waals surface area contributed by atoms with Crippen LogP contribution in [0.25, 0.3) is 0 Å². The normalized spacial score (nSPS) is 15.1. The van der Waals surface area contributed by atoms with Gasteiger partial charge in [-0.1, -0.05) is 135 Å². The standard InChI is InChI=1S/C47H74NO9P/c1-3-5-6-7-8-9-10-11-12-13-14-15-16-20-23-26-29-32-35-38-46(50)54-42-45(43-56-58(52,53)55-41-40-48)57-47(51)39-36-33-30-27-24-21-18-17-19-22-25-28-31-34-37-44(49)4-2/h5-6,8-9,11-12,14-15,18-23,27-32,44-45,49H,3-4,7,10,13,16-17,24-26,33-43,48H2,1-2H3,(H,52,53)/b6-5-,9-8-,12-11-,15-14-,21-18-,22-19-,23-20-,30-27-,31-28-,32-29-/t44-,45-/m1/s1. The van der Waals surface area contributed by atoms with E-state index in [1.54, 1.807) is 0 Å². The maximum absolute atomic E-state index is 12.6. The third kappa shape index (κ3) is 40.6. The molecule has 0 rings (SSSR count). The molecule has 10 nitrogen and oxygen atoms in total. The van der Waals surface area contributed by atoms with E-state index < -0.39 is 32.5 Å². The molecule has 0 aliphatic carbocycles. The quantitative estimate of drug-likeness (QED) is 0.0238. The molecule has 58 heavy (non-hydrogen) atoms. The summed E-state index contributed by atoms with van der Waals surface area (Å²) < 4.78 is 32.6. The minimum Gasteiger partial charge on any atom is -0.462 e. The third-order valence-electron chi connectivity index (χ3n) is 8.01. The van der Waals surface area contributed by atoms with Crippen molar-refractivity contribution in [2.24, 2.45) is 5.73 Å². The van der Waals surface area contributed by atoms with Crippen LogP contribution in [0.4, 0.5) is 0 Å². The van der Waals surface area contributed by atoms with Gasteiger partial charge in [-0.2, -0.15) is 0 Å². The Labute approximate surface area is 350 Å². The maximum Gasteiger partial charge on any atom is 0.472 e. The van der Waals surface area contributed by atoms with Crippen LogP contribution in [0.15, 0.2) is 122 Å². The Balaban J connectivity index is 4.43. The molecule has 1 unspecified atom stereocenters. The first-order valence-electron chi connectivity index (χ1n) is 21.1. The summed E-state index contributed by atoms with van der Waals surface area (Å²) in [4.78, 5) is 34.8. The summed E-state index contributed by atoms with van der Waals surface area (Å²) in [5.41, 5.74) is 5.33. The first-order valence-corrected chi connectivity index (χ1v) is 22.6. The molecule has 0 heterocycles. The highest BCUT2D eigenvalue weighted by Crippen LogP contribution is 2.43. The number of carbonyl (C=O) groups is 2. The molecule has 0 saturated heterocycles. The molecule has 3 atom stereocenters. The van der Waals surface area contributed by atoms with Crippen LogP contribution in [0.3, 0.4) is 0 Å². The molecule has 0 amide bonds. The van der Waals surface area contributed by atoms with Crippen molar-refractivity contribution in [1.29, 1.82) is 0 Å². The smallest absolute Gasteiger partial charge is 0.462 e. The van der Waals surface area contributed by atoms with Crippen LogP contribution in [-0.4, -0.2) is 60.5 Å². The van der Waals surface area contributed by atoms with Crippen molar-refractivity contribution in [3.63, 3.8) is 0 Å². The Morgan fingerprint density at radius 1 is 0.586 bits per heavy atom. The fourth-order valence-electron chi connectivity index (χ4n) is 4.75. The van der Waals surface area contributed by atoms with E-state index in [0.29, 0.717) is 19.3 Å². The number of unbranched alkanes of at least 4 members (excludes halogenated alkanes) is 1. The molecular weight excluding hydrogens is 753 g/mol. The lowest BCUT2D eigenvalue weighted by molar-refractivity contribution is -0.161. The molecule has 4 N–H and O–H groups in total. The number of allylic oxidation sites excluding steroid dienone is 20. The Morgan fingerprint density at radius 3 is 1.50 bits per heavy atom. The number of rotatable bonds is 37. The molecule has 326 valence electrons. The van der Waals surface area contributed by atoms with Gasteiger partial charge in [0.15, 0.2) is 6.10 Å². The largest absolute Gasteiger partial charge is 0.472 e. The number of hydrogen-bond donors (Lipinski definition) is 3. The van der Waals surface area contributed by atoms with E-state index in [-0.39, 0.29) is 38.7 Å². The minimum absolute atomic E-state index is 0.0220. The highest BCUT2D eigenvalue weighted by Gasteiger charge is 2.25. The minimum atomic E-state index is -4.43. The summed E-state index contributed by atoms with van der Waals surface area (Å²) in [6.45, 7) is 3.14. The van der Waals surface area contributed by atoms with Crippen LogP contribution >= 0.6 is 7.82 Å². The van der Waals surface area contributed by atoms with Crippen molar-refractivity contribution in [3.05, 3.63) is 122 Å². The molecular formula is C47H74NO9P. The van der Waals surface area contributed by atoms with Crippen LogP contribution in [-0.2, 0) is 32.7 Å². The molecule has 0 aliphatic rings. The fourth-order valence-corrected chi connectivity index (χ4v) is 5.51. The topological polar surface area (TPSA) is 155 Å². The summed E-state index contributed by atoms with van der Waals surface area (Å²) in [7, 11) is -4.43. The second-order valence-corrected chi connectivity index (χ2v) is 14.7. The molecule has 0 aromatic carbocycles. The molecule has 0 aliphatic heterocycles. The first-order chi connectivity index (χ1) is 28.2. The van der Waals surface area contributed by atoms with E-state index in [1.165, 1.54) is 0 Å². The SMILES string of the molecule is CC/C=C\C/C=C\C/C=C\C/C=C\C/C=C\C/C=C\CCC(=O)OC[C@H](COP(=O)(O)OCCN)OC(=O)CCC/C=C\C/C=C\C/C=C\C/C=C\CC[C@H](O)CC. The van der Waals surface area contributed by atoms with Crippen molar-refractivity contribution in [2.75, 3.05) is 26.4 Å². The number of aliphatic hydroxyl groups excluding tert-OH is 1. The molecule has 0 spiro atoms. The van der Waals surface area contributed by atoms with Crippen LogP contribution in [0.1, 0.15) is 123 Å². The number of aliphatic hydroxyl groups is 1. The lowest BCUT2D eigenvalue weighted by atomic mass is 10.1. The van der Waals surface area contributed by atoms with E-state index in [4.69, 9.17) is 24.3 Å². The van der Waals surface area contributed by atoms with Gasteiger partial charge in [-0.15, -0.1) is 0 Å². The number of phosphoric acid groups is 1.